The Hall–Kier alpha value is -4.25. The highest BCUT2D eigenvalue weighted by Crippen LogP contribution is 2.29. The van der Waals surface area contributed by atoms with Crippen LogP contribution >= 0.6 is 11.6 Å². The number of hydrogen-bond acceptors (Lipinski definition) is 8. The van der Waals surface area contributed by atoms with Gasteiger partial charge in [-0.3, -0.25) is 19.6 Å². The van der Waals surface area contributed by atoms with E-state index < -0.39 is 16.8 Å². The molecule has 0 fully saturated rings. The fourth-order valence-corrected chi connectivity index (χ4v) is 2.77. The molecule has 3 rings (SSSR count). The number of ether oxygens (including phenoxy) is 2. The minimum absolute atomic E-state index is 0.207. The maximum absolute atomic E-state index is 12.3. The van der Waals surface area contributed by atoms with Crippen LogP contribution in [0.3, 0.4) is 0 Å². The molecule has 1 aromatic heterocycles. The van der Waals surface area contributed by atoms with Crippen molar-refractivity contribution in [3.63, 3.8) is 0 Å². The molecular formula is C21H18ClN5O6. The van der Waals surface area contributed by atoms with Gasteiger partial charge >= 0.3 is 11.7 Å². The first-order chi connectivity index (χ1) is 15.8. The molecule has 0 aliphatic carbocycles. The van der Waals surface area contributed by atoms with Crippen molar-refractivity contribution in [2.75, 3.05) is 7.11 Å². The van der Waals surface area contributed by atoms with Gasteiger partial charge in [-0.2, -0.15) is 10.2 Å². The Balaban J connectivity index is 1.66. The Morgan fingerprint density at radius 3 is 2.52 bits per heavy atom. The van der Waals surface area contributed by atoms with Gasteiger partial charge in [0, 0.05) is 10.6 Å². The minimum atomic E-state index is -0.604. The number of methoxy groups -OCH3 is 1. The lowest BCUT2D eigenvalue weighted by atomic mass is 10.1. The predicted molar refractivity (Wildman–Crippen MR) is 119 cm³/mol. The van der Waals surface area contributed by atoms with Crippen molar-refractivity contribution in [2.45, 2.75) is 13.5 Å². The number of nitrogens with one attached hydrogen (secondary N) is 1. The van der Waals surface area contributed by atoms with Crippen LogP contribution in [0.2, 0.25) is 5.02 Å². The maximum Gasteiger partial charge on any atom is 0.343 e. The van der Waals surface area contributed by atoms with Crippen LogP contribution in [-0.2, 0) is 11.3 Å². The van der Waals surface area contributed by atoms with Crippen LogP contribution in [0.5, 0.6) is 11.5 Å². The molecule has 33 heavy (non-hydrogen) atoms. The Bertz CT molecular complexity index is 1220. The number of esters is 1. The third-order valence-corrected chi connectivity index (χ3v) is 4.60. The molecule has 0 aliphatic heterocycles. The van der Waals surface area contributed by atoms with Crippen molar-refractivity contribution in [1.82, 2.24) is 15.2 Å². The molecule has 0 bridgehead atoms. The molecule has 0 saturated heterocycles. The van der Waals surface area contributed by atoms with E-state index in [-0.39, 0.29) is 18.0 Å². The molecule has 170 valence electrons. The van der Waals surface area contributed by atoms with E-state index in [1.165, 1.54) is 7.11 Å². The van der Waals surface area contributed by atoms with E-state index in [1.807, 2.05) is 0 Å². The van der Waals surface area contributed by atoms with Crippen molar-refractivity contribution in [1.29, 1.82) is 0 Å². The van der Waals surface area contributed by atoms with Crippen LogP contribution < -0.4 is 14.9 Å². The smallest absolute Gasteiger partial charge is 0.343 e. The first kappa shape index (κ1) is 23.4. The van der Waals surface area contributed by atoms with Gasteiger partial charge in [-0.15, -0.1) is 0 Å². The number of nitrogens with zero attached hydrogens (tertiary/aromatic N) is 4. The fraction of sp³-hybridized carbons (Fsp3) is 0.143. The second kappa shape index (κ2) is 10.4. The van der Waals surface area contributed by atoms with E-state index in [9.17, 15) is 19.7 Å². The summed E-state index contributed by atoms with van der Waals surface area (Å²) < 4.78 is 11.8. The highest BCUT2D eigenvalue weighted by molar-refractivity contribution is 6.30. The molecule has 1 heterocycles. The summed E-state index contributed by atoms with van der Waals surface area (Å²) in [6.45, 7) is 1.42. The number of carbonyl (C=O) groups excluding carboxylic acids is 2. The van der Waals surface area contributed by atoms with Gasteiger partial charge in [0.25, 0.3) is 5.91 Å². The molecule has 12 heteroatoms. The quantitative estimate of drug-likeness (QED) is 0.175. The summed E-state index contributed by atoms with van der Waals surface area (Å²) in [5.41, 5.74) is 3.52. The largest absolute Gasteiger partial charge is 0.493 e. The zero-order valence-electron chi connectivity index (χ0n) is 17.5. The summed E-state index contributed by atoms with van der Waals surface area (Å²) in [6, 6.07) is 11.1. The summed E-state index contributed by atoms with van der Waals surface area (Å²) in [5.74, 6) is -0.597. The highest BCUT2D eigenvalue weighted by Gasteiger charge is 2.14. The van der Waals surface area contributed by atoms with Gasteiger partial charge in [-0.1, -0.05) is 11.6 Å². The molecule has 3 aromatic rings. The number of hydrogen-bond donors (Lipinski definition) is 1. The van der Waals surface area contributed by atoms with Crippen LogP contribution in [0.15, 0.2) is 60.0 Å². The number of halogens is 1. The fourth-order valence-electron chi connectivity index (χ4n) is 2.65. The van der Waals surface area contributed by atoms with Crippen LogP contribution in [0.4, 0.5) is 5.69 Å². The van der Waals surface area contributed by atoms with Gasteiger partial charge in [0.05, 0.1) is 23.3 Å². The van der Waals surface area contributed by atoms with Crippen molar-refractivity contribution in [3.05, 3.63) is 81.1 Å². The highest BCUT2D eigenvalue weighted by atomic mass is 35.5. The van der Waals surface area contributed by atoms with Crippen molar-refractivity contribution in [2.24, 2.45) is 5.10 Å². The zero-order chi connectivity index (χ0) is 24.0. The molecule has 0 aliphatic rings. The van der Waals surface area contributed by atoms with E-state index in [1.54, 1.807) is 49.4 Å². The summed E-state index contributed by atoms with van der Waals surface area (Å²) >= 11 is 5.83. The summed E-state index contributed by atoms with van der Waals surface area (Å²) in [4.78, 5) is 34.5. The van der Waals surface area contributed by atoms with Gasteiger partial charge in [0.1, 0.15) is 18.9 Å². The normalized spacial score (nSPS) is 11.1. The molecule has 1 amide bonds. The standard InChI is InChI=1S/C21H18ClN5O6/c1-13(24-25-20(28)12-26-11-17(10-23-26)27(30)31)15-5-8-18(19(9-15)32-2)33-21(29)14-3-6-16(22)7-4-14/h3-11H,12H2,1-2H3,(H,25,28)/b24-13+. The third-order valence-electron chi connectivity index (χ3n) is 4.35. The number of carbonyl (C=O) groups is 2. The van der Waals surface area contributed by atoms with Crippen molar-refractivity contribution in [3.8, 4) is 11.5 Å². The molecule has 2 aromatic carbocycles. The lowest BCUT2D eigenvalue weighted by Gasteiger charge is -2.11. The Morgan fingerprint density at radius 2 is 1.88 bits per heavy atom. The first-order valence-corrected chi connectivity index (χ1v) is 9.80. The van der Waals surface area contributed by atoms with Crippen LogP contribution in [0.1, 0.15) is 22.8 Å². The third kappa shape index (κ3) is 6.14. The average Bonchev–Trinajstić information content (AvgIpc) is 3.27. The van der Waals surface area contributed by atoms with E-state index >= 15 is 0 Å². The first-order valence-electron chi connectivity index (χ1n) is 9.43. The predicted octanol–water partition coefficient (Wildman–Crippen LogP) is 3.21. The number of hydrazone groups is 1. The van der Waals surface area contributed by atoms with E-state index in [0.717, 1.165) is 17.1 Å². The molecule has 0 unspecified atom stereocenters. The van der Waals surface area contributed by atoms with Gasteiger partial charge in [-0.05, 0) is 49.4 Å². The zero-order valence-corrected chi connectivity index (χ0v) is 18.3. The number of benzene rings is 2. The number of rotatable bonds is 8. The molecule has 11 nitrogen and oxygen atoms in total. The summed E-state index contributed by atoms with van der Waals surface area (Å²) in [6.07, 6.45) is 2.19. The van der Waals surface area contributed by atoms with Crippen LogP contribution in [-0.4, -0.2) is 39.4 Å². The summed E-state index contributed by atoms with van der Waals surface area (Å²) in [7, 11) is 1.43. The van der Waals surface area contributed by atoms with Gasteiger partial charge in [0.2, 0.25) is 0 Å². The number of amides is 1. The molecule has 1 N–H and O–H groups in total. The Kier molecular flexibility index (Phi) is 7.36. The minimum Gasteiger partial charge on any atom is -0.493 e. The molecule has 0 saturated carbocycles. The Labute approximate surface area is 192 Å². The van der Waals surface area contributed by atoms with Gasteiger partial charge in [-0.25, -0.2) is 10.2 Å². The van der Waals surface area contributed by atoms with Crippen LogP contribution in [0, 0.1) is 10.1 Å². The number of aromatic nitrogens is 2. The van der Waals surface area contributed by atoms with Gasteiger partial charge < -0.3 is 9.47 Å². The van der Waals surface area contributed by atoms with E-state index in [0.29, 0.717) is 27.6 Å². The molecule has 0 radical (unpaired) electrons. The maximum atomic E-state index is 12.3. The van der Waals surface area contributed by atoms with E-state index in [2.05, 4.69) is 15.6 Å². The second-order valence-electron chi connectivity index (χ2n) is 6.65. The second-order valence-corrected chi connectivity index (χ2v) is 7.08. The summed E-state index contributed by atoms with van der Waals surface area (Å²) in [5, 5.41) is 18.9. The number of nitro groups is 1. The SMILES string of the molecule is COc1cc(/C(C)=N/NC(=O)Cn2cc([N+](=O)[O-])cn2)ccc1OC(=O)c1ccc(Cl)cc1. The lowest BCUT2D eigenvalue weighted by Crippen LogP contribution is -2.24. The van der Waals surface area contributed by atoms with E-state index in [4.69, 9.17) is 21.1 Å². The topological polar surface area (TPSA) is 138 Å². The lowest BCUT2D eigenvalue weighted by molar-refractivity contribution is -0.385. The van der Waals surface area contributed by atoms with Crippen molar-refractivity contribution >= 4 is 34.9 Å². The molecular weight excluding hydrogens is 454 g/mol. The van der Waals surface area contributed by atoms with Crippen LogP contribution in [0.25, 0.3) is 0 Å². The van der Waals surface area contributed by atoms with Crippen molar-refractivity contribution < 1.29 is 24.0 Å². The molecule has 0 spiro atoms. The monoisotopic (exact) mass is 471 g/mol. The van der Waals surface area contributed by atoms with Gasteiger partial charge in [0.15, 0.2) is 11.5 Å². The average molecular weight is 472 g/mol. The molecule has 0 atom stereocenters. The Morgan fingerprint density at radius 1 is 1.18 bits per heavy atom.